The summed E-state index contributed by atoms with van der Waals surface area (Å²) in [6.45, 7) is 3.76. The lowest BCUT2D eigenvalue weighted by molar-refractivity contribution is 0.117. The Bertz CT molecular complexity index is 52.5. The number of rotatable bonds is 3. The largest absolute Gasteiger partial charge is 0.238 e. The fourth-order valence-electron chi connectivity index (χ4n) is 0.471. The van der Waals surface area contributed by atoms with E-state index in [1.54, 1.807) is 0 Å². The first-order valence-electron chi connectivity index (χ1n) is 2.95. The van der Waals surface area contributed by atoms with Crippen LogP contribution in [0.5, 0.6) is 0 Å². The van der Waals surface area contributed by atoms with Crippen molar-refractivity contribution in [3.63, 3.8) is 0 Å². The highest BCUT2D eigenvalue weighted by Crippen LogP contribution is 2.12. The molecule has 0 unspecified atom stereocenters. The third kappa shape index (κ3) is 4.03. The Balaban J connectivity index is 3.10. The van der Waals surface area contributed by atoms with Crippen molar-refractivity contribution in [2.75, 3.05) is 0 Å². The molecule has 0 saturated heterocycles. The maximum Gasteiger partial charge on any atom is 0.238 e. The predicted molar refractivity (Wildman–Crippen MR) is 30.1 cm³/mol. The molecule has 0 aromatic rings. The standard InChI is InChI=1S/C6H12F2/c1-3-5(2)4-6(7)8/h5-6H,3-4H2,1-2H3/t5-/m1/s1. The molecule has 0 aromatic heterocycles. The number of hydrogen-bond donors (Lipinski definition) is 0. The molecule has 0 rings (SSSR count). The minimum atomic E-state index is -2.12. The highest BCUT2D eigenvalue weighted by molar-refractivity contribution is 4.49. The zero-order valence-corrected chi connectivity index (χ0v) is 5.32. The van der Waals surface area contributed by atoms with Crippen LogP contribution in [0, 0.1) is 5.92 Å². The maximum atomic E-state index is 11.5. The molecular weight excluding hydrogens is 110 g/mol. The Morgan fingerprint density at radius 1 is 1.38 bits per heavy atom. The highest BCUT2D eigenvalue weighted by atomic mass is 19.3. The predicted octanol–water partition coefficient (Wildman–Crippen LogP) is 2.69. The van der Waals surface area contributed by atoms with Crippen LogP contribution < -0.4 is 0 Å². The van der Waals surface area contributed by atoms with E-state index in [4.69, 9.17) is 0 Å². The molecule has 1 atom stereocenters. The van der Waals surface area contributed by atoms with E-state index in [0.717, 1.165) is 6.42 Å². The van der Waals surface area contributed by atoms with E-state index in [0.29, 0.717) is 0 Å². The lowest BCUT2D eigenvalue weighted by Gasteiger charge is -2.04. The molecule has 0 aromatic carbocycles. The molecule has 0 aliphatic heterocycles. The van der Waals surface area contributed by atoms with E-state index in [-0.39, 0.29) is 12.3 Å². The van der Waals surface area contributed by atoms with Crippen LogP contribution >= 0.6 is 0 Å². The van der Waals surface area contributed by atoms with E-state index in [2.05, 4.69) is 0 Å². The van der Waals surface area contributed by atoms with Gasteiger partial charge in [-0.3, -0.25) is 0 Å². The van der Waals surface area contributed by atoms with Gasteiger partial charge in [0.1, 0.15) is 0 Å². The van der Waals surface area contributed by atoms with Gasteiger partial charge in [0.05, 0.1) is 0 Å². The van der Waals surface area contributed by atoms with E-state index >= 15 is 0 Å². The summed E-state index contributed by atoms with van der Waals surface area (Å²) in [5.74, 6) is 0.176. The van der Waals surface area contributed by atoms with Gasteiger partial charge in [0.25, 0.3) is 0 Å². The van der Waals surface area contributed by atoms with Gasteiger partial charge < -0.3 is 0 Å². The molecule has 2 heteroatoms. The van der Waals surface area contributed by atoms with Gasteiger partial charge in [-0.05, 0) is 5.92 Å². The van der Waals surface area contributed by atoms with Crippen LogP contribution in [0.1, 0.15) is 26.7 Å². The third-order valence-corrected chi connectivity index (χ3v) is 1.28. The van der Waals surface area contributed by atoms with Crippen molar-refractivity contribution in [2.24, 2.45) is 5.92 Å². The van der Waals surface area contributed by atoms with Crippen LogP contribution in [0.2, 0.25) is 0 Å². The second kappa shape index (κ2) is 3.81. The lowest BCUT2D eigenvalue weighted by atomic mass is 10.1. The van der Waals surface area contributed by atoms with E-state index in [1.807, 2.05) is 13.8 Å². The van der Waals surface area contributed by atoms with Gasteiger partial charge in [0.2, 0.25) is 6.43 Å². The lowest BCUT2D eigenvalue weighted by Crippen LogP contribution is -1.99. The van der Waals surface area contributed by atoms with E-state index in [1.165, 1.54) is 0 Å². The zero-order valence-electron chi connectivity index (χ0n) is 5.32. The molecule has 0 bridgehead atoms. The average molecular weight is 122 g/mol. The summed E-state index contributed by atoms with van der Waals surface area (Å²) in [5, 5.41) is 0. The molecule has 0 aliphatic carbocycles. The van der Waals surface area contributed by atoms with Gasteiger partial charge in [-0.15, -0.1) is 0 Å². The first-order chi connectivity index (χ1) is 3.66. The van der Waals surface area contributed by atoms with Crippen LogP contribution in [-0.4, -0.2) is 6.43 Å². The van der Waals surface area contributed by atoms with Gasteiger partial charge in [-0.25, -0.2) is 8.78 Å². The number of alkyl halides is 2. The molecule has 0 heterocycles. The Kier molecular flexibility index (Phi) is 3.75. The van der Waals surface area contributed by atoms with E-state index < -0.39 is 6.43 Å². The van der Waals surface area contributed by atoms with Gasteiger partial charge in [-0.2, -0.15) is 0 Å². The Labute approximate surface area is 48.9 Å². The van der Waals surface area contributed by atoms with Crippen LogP contribution in [0.25, 0.3) is 0 Å². The minimum absolute atomic E-state index is 0.0521. The van der Waals surface area contributed by atoms with Crippen LogP contribution in [0.4, 0.5) is 8.78 Å². The first-order valence-corrected chi connectivity index (χ1v) is 2.95. The summed E-state index contributed by atoms with van der Waals surface area (Å²) < 4.78 is 22.9. The van der Waals surface area contributed by atoms with Crippen molar-refractivity contribution < 1.29 is 8.78 Å². The molecule has 0 fully saturated rings. The van der Waals surface area contributed by atoms with Crippen molar-refractivity contribution in [2.45, 2.75) is 33.1 Å². The van der Waals surface area contributed by atoms with Crippen LogP contribution in [-0.2, 0) is 0 Å². The molecule has 8 heavy (non-hydrogen) atoms. The van der Waals surface area contributed by atoms with Crippen molar-refractivity contribution in [1.82, 2.24) is 0 Å². The van der Waals surface area contributed by atoms with E-state index in [9.17, 15) is 8.78 Å². The molecule has 0 aliphatic rings. The average Bonchev–Trinajstić information content (AvgIpc) is 1.65. The topological polar surface area (TPSA) is 0 Å². The highest BCUT2D eigenvalue weighted by Gasteiger charge is 2.06. The van der Waals surface area contributed by atoms with Crippen molar-refractivity contribution in [3.8, 4) is 0 Å². The summed E-state index contributed by atoms with van der Waals surface area (Å²) in [5.41, 5.74) is 0. The molecule has 0 spiro atoms. The summed E-state index contributed by atoms with van der Waals surface area (Å²) in [6.07, 6.45) is -1.22. The maximum absolute atomic E-state index is 11.5. The molecule has 0 N–H and O–H groups in total. The second-order valence-electron chi connectivity index (χ2n) is 2.14. The van der Waals surface area contributed by atoms with Gasteiger partial charge in [0.15, 0.2) is 0 Å². The first kappa shape index (κ1) is 7.86. The Morgan fingerprint density at radius 3 is 2.00 bits per heavy atom. The summed E-state index contributed by atoms with van der Waals surface area (Å²) in [4.78, 5) is 0. The molecule has 0 nitrogen and oxygen atoms in total. The quantitative estimate of drug-likeness (QED) is 0.540. The van der Waals surface area contributed by atoms with Gasteiger partial charge in [0, 0.05) is 6.42 Å². The Morgan fingerprint density at radius 2 is 1.88 bits per heavy atom. The smallest absolute Gasteiger partial charge is 0.211 e. The van der Waals surface area contributed by atoms with Crippen molar-refractivity contribution in [1.29, 1.82) is 0 Å². The Hall–Kier alpha value is -0.140. The SMILES string of the molecule is CC[C@@H](C)CC(F)F. The second-order valence-corrected chi connectivity index (χ2v) is 2.14. The monoisotopic (exact) mass is 122 g/mol. The number of hydrogen-bond acceptors (Lipinski definition) is 0. The minimum Gasteiger partial charge on any atom is -0.211 e. The summed E-state index contributed by atoms with van der Waals surface area (Å²) in [6, 6.07) is 0. The normalized spacial score (nSPS) is 14.6. The molecule has 0 saturated carbocycles. The zero-order chi connectivity index (χ0) is 6.57. The molecule has 0 radical (unpaired) electrons. The molecule has 50 valence electrons. The van der Waals surface area contributed by atoms with Crippen LogP contribution in [0.3, 0.4) is 0 Å². The molecular formula is C6H12F2. The number of halogens is 2. The fraction of sp³-hybridized carbons (Fsp3) is 1.00. The van der Waals surface area contributed by atoms with Gasteiger partial charge in [-0.1, -0.05) is 20.3 Å². The molecule has 0 amide bonds. The third-order valence-electron chi connectivity index (χ3n) is 1.28. The summed E-state index contributed by atoms with van der Waals surface area (Å²) in [7, 11) is 0. The fourth-order valence-corrected chi connectivity index (χ4v) is 0.471. The van der Waals surface area contributed by atoms with Crippen molar-refractivity contribution >= 4 is 0 Å². The summed E-state index contributed by atoms with van der Waals surface area (Å²) >= 11 is 0. The van der Waals surface area contributed by atoms with Crippen molar-refractivity contribution in [3.05, 3.63) is 0 Å². The van der Waals surface area contributed by atoms with Gasteiger partial charge >= 0.3 is 0 Å². The van der Waals surface area contributed by atoms with Crippen LogP contribution in [0.15, 0.2) is 0 Å².